The summed E-state index contributed by atoms with van der Waals surface area (Å²) in [5, 5.41) is 0. The van der Waals surface area contributed by atoms with Crippen LogP contribution in [0.2, 0.25) is 0 Å². The number of methoxy groups -OCH3 is 2. The first-order chi connectivity index (χ1) is 11.5. The Labute approximate surface area is 149 Å². The molecule has 8 heteroatoms. The van der Waals surface area contributed by atoms with Crippen LogP contribution in [-0.2, 0) is 4.74 Å². The van der Waals surface area contributed by atoms with Gasteiger partial charge in [-0.1, -0.05) is 0 Å². The molecule has 0 bridgehead atoms. The second-order valence-electron chi connectivity index (χ2n) is 5.17. The number of nitrogens with zero attached hydrogens (tertiary/aromatic N) is 2. The van der Waals surface area contributed by atoms with Crippen LogP contribution in [0.25, 0.3) is 0 Å². The van der Waals surface area contributed by atoms with E-state index >= 15 is 0 Å². The van der Waals surface area contributed by atoms with Crippen LogP contribution in [0.1, 0.15) is 17.3 Å². The molecule has 1 aromatic carbocycles. The number of amides is 2. The number of hydrogen-bond acceptors (Lipinski definition) is 5. The van der Waals surface area contributed by atoms with Gasteiger partial charge in [0, 0.05) is 31.7 Å². The molecule has 0 aromatic heterocycles. The Kier molecular flexibility index (Phi) is 6.30. The van der Waals surface area contributed by atoms with Gasteiger partial charge in [-0.3, -0.25) is 4.79 Å². The summed E-state index contributed by atoms with van der Waals surface area (Å²) in [6.45, 7) is 3.93. The van der Waals surface area contributed by atoms with Gasteiger partial charge in [0.25, 0.3) is 5.91 Å². The summed E-state index contributed by atoms with van der Waals surface area (Å²) in [7, 11) is 3.07. The smallest absolute Gasteiger partial charge is 0.409 e. The summed E-state index contributed by atoms with van der Waals surface area (Å²) in [4.78, 5) is 27.7. The van der Waals surface area contributed by atoms with E-state index < -0.39 is 0 Å². The lowest BCUT2D eigenvalue weighted by Gasteiger charge is -2.34. The number of ether oxygens (including phenoxy) is 3. The highest BCUT2D eigenvalue weighted by Crippen LogP contribution is 2.36. The first-order valence-electron chi connectivity index (χ1n) is 7.64. The topological polar surface area (TPSA) is 68.3 Å². The van der Waals surface area contributed by atoms with Gasteiger partial charge in [0.1, 0.15) is 16.0 Å². The predicted octanol–water partition coefficient (Wildman–Crippen LogP) is 2.38. The maximum Gasteiger partial charge on any atom is 0.409 e. The van der Waals surface area contributed by atoms with E-state index in [1.807, 2.05) is 0 Å². The molecule has 1 heterocycles. The summed E-state index contributed by atoms with van der Waals surface area (Å²) in [6, 6.07) is 3.35. The van der Waals surface area contributed by atoms with Gasteiger partial charge in [0.05, 0.1) is 20.8 Å². The van der Waals surface area contributed by atoms with Crippen LogP contribution in [0, 0.1) is 0 Å². The molecule has 2 rings (SSSR count). The fraction of sp³-hybridized carbons (Fsp3) is 0.500. The Morgan fingerprint density at radius 1 is 1.04 bits per heavy atom. The highest BCUT2D eigenvalue weighted by molar-refractivity contribution is 9.10. The number of carbonyl (C=O) groups excluding carboxylic acids is 2. The van der Waals surface area contributed by atoms with Crippen LogP contribution in [0.3, 0.4) is 0 Å². The Balaban J connectivity index is 2.09. The monoisotopic (exact) mass is 400 g/mol. The van der Waals surface area contributed by atoms with Crippen LogP contribution in [0.4, 0.5) is 4.79 Å². The standard InChI is InChI=1S/C16H21BrN2O5/c1-4-24-16(21)19-7-5-18(6-8-19)15(20)11-9-12(22-2)14(17)13(10-11)23-3/h9-10H,4-8H2,1-3H3. The van der Waals surface area contributed by atoms with E-state index in [1.54, 1.807) is 28.9 Å². The van der Waals surface area contributed by atoms with Crippen molar-refractivity contribution in [3.05, 3.63) is 22.2 Å². The van der Waals surface area contributed by atoms with Gasteiger partial charge in [-0.2, -0.15) is 0 Å². The summed E-state index contributed by atoms with van der Waals surface area (Å²) in [5.41, 5.74) is 0.483. The van der Waals surface area contributed by atoms with Gasteiger partial charge in [-0.05, 0) is 35.0 Å². The minimum Gasteiger partial charge on any atom is -0.495 e. The van der Waals surface area contributed by atoms with Gasteiger partial charge in [0.2, 0.25) is 0 Å². The lowest BCUT2D eigenvalue weighted by atomic mass is 10.1. The number of piperazine rings is 1. The van der Waals surface area contributed by atoms with Crippen molar-refractivity contribution in [1.29, 1.82) is 0 Å². The first-order valence-corrected chi connectivity index (χ1v) is 8.43. The van der Waals surface area contributed by atoms with Gasteiger partial charge in [0.15, 0.2) is 0 Å². The Morgan fingerprint density at radius 2 is 1.54 bits per heavy atom. The van der Waals surface area contributed by atoms with E-state index in [0.29, 0.717) is 54.3 Å². The van der Waals surface area contributed by atoms with E-state index in [-0.39, 0.29) is 12.0 Å². The summed E-state index contributed by atoms with van der Waals surface area (Å²) < 4.78 is 16.2. The van der Waals surface area contributed by atoms with Crippen LogP contribution >= 0.6 is 15.9 Å². The fourth-order valence-corrected chi connectivity index (χ4v) is 3.03. The number of rotatable bonds is 4. The summed E-state index contributed by atoms with van der Waals surface area (Å²) in [6.07, 6.45) is -0.337. The van der Waals surface area contributed by atoms with Crippen molar-refractivity contribution in [2.45, 2.75) is 6.92 Å². The maximum absolute atomic E-state index is 12.7. The molecule has 0 atom stereocenters. The molecule has 1 saturated heterocycles. The summed E-state index contributed by atoms with van der Waals surface area (Å²) >= 11 is 3.39. The largest absolute Gasteiger partial charge is 0.495 e. The average Bonchev–Trinajstić information content (AvgIpc) is 2.61. The van der Waals surface area contributed by atoms with E-state index in [1.165, 1.54) is 14.2 Å². The molecule has 7 nitrogen and oxygen atoms in total. The Hall–Kier alpha value is -1.96. The molecule has 0 saturated carbocycles. The molecule has 1 aliphatic heterocycles. The van der Waals surface area contributed by atoms with E-state index in [4.69, 9.17) is 14.2 Å². The average molecular weight is 401 g/mol. The molecule has 1 aliphatic rings. The van der Waals surface area contributed by atoms with Gasteiger partial charge in [-0.25, -0.2) is 4.79 Å². The number of carbonyl (C=O) groups is 2. The van der Waals surface area contributed by atoms with Crippen molar-refractivity contribution in [2.75, 3.05) is 47.0 Å². The van der Waals surface area contributed by atoms with Gasteiger partial charge < -0.3 is 24.0 Å². The van der Waals surface area contributed by atoms with Crippen molar-refractivity contribution in [2.24, 2.45) is 0 Å². The van der Waals surface area contributed by atoms with Crippen LogP contribution in [0.15, 0.2) is 16.6 Å². The van der Waals surface area contributed by atoms with Crippen LogP contribution < -0.4 is 9.47 Å². The molecular weight excluding hydrogens is 380 g/mol. The van der Waals surface area contributed by atoms with Gasteiger partial charge >= 0.3 is 6.09 Å². The highest BCUT2D eigenvalue weighted by Gasteiger charge is 2.26. The van der Waals surface area contributed by atoms with Crippen molar-refractivity contribution in [3.63, 3.8) is 0 Å². The molecular formula is C16H21BrN2O5. The highest BCUT2D eigenvalue weighted by atomic mass is 79.9. The number of halogens is 1. The normalized spacial score (nSPS) is 14.3. The zero-order valence-electron chi connectivity index (χ0n) is 14.0. The lowest BCUT2D eigenvalue weighted by molar-refractivity contribution is 0.0570. The molecule has 24 heavy (non-hydrogen) atoms. The maximum atomic E-state index is 12.7. The minimum atomic E-state index is -0.337. The SMILES string of the molecule is CCOC(=O)N1CCN(C(=O)c2cc(OC)c(Br)c(OC)c2)CC1. The Morgan fingerprint density at radius 3 is 2.00 bits per heavy atom. The lowest BCUT2D eigenvalue weighted by Crippen LogP contribution is -2.50. The fourth-order valence-electron chi connectivity index (χ4n) is 2.48. The minimum absolute atomic E-state index is 0.123. The molecule has 0 radical (unpaired) electrons. The summed E-state index contributed by atoms with van der Waals surface area (Å²) in [5.74, 6) is 0.938. The third-order valence-corrected chi connectivity index (χ3v) is 4.57. The van der Waals surface area contributed by atoms with Crippen molar-refractivity contribution in [3.8, 4) is 11.5 Å². The zero-order chi connectivity index (χ0) is 17.7. The third-order valence-electron chi connectivity index (χ3n) is 3.79. The molecule has 0 unspecified atom stereocenters. The number of benzene rings is 1. The van der Waals surface area contributed by atoms with Crippen LogP contribution in [-0.4, -0.2) is 68.8 Å². The molecule has 0 aliphatic carbocycles. The number of hydrogen-bond donors (Lipinski definition) is 0. The second-order valence-corrected chi connectivity index (χ2v) is 5.97. The van der Waals surface area contributed by atoms with E-state index in [9.17, 15) is 9.59 Å². The van der Waals surface area contributed by atoms with E-state index in [2.05, 4.69) is 15.9 Å². The molecule has 1 aromatic rings. The zero-order valence-corrected chi connectivity index (χ0v) is 15.6. The first kappa shape index (κ1) is 18.4. The van der Waals surface area contributed by atoms with Crippen molar-refractivity contribution < 1.29 is 23.8 Å². The second kappa shape index (κ2) is 8.23. The quantitative estimate of drug-likeness (QED) is 0.775. The van der Waals surface area contributed by atoms with E-state index in [0.717, 1.165) is 0 Å². The molecule has 2 amide bonds. The molecule has 132 valence electrons. The molecule has 1 fully saturated rings. The Bertz CT molecular complexity index is 589. The molecule has 0 N–H and O–H groups in total. The van der Waals surface area contributed by atoms with Crippen molar-refractivity contribution >= 4 is 27.9 Å². The van der Waals surface area contributed by atoms with Crippen molar-refractivity contribution in [1.82, 2.24) is 9.80 Å². The third kappa shape index (κ3) is 3.92. The van der Waals surface area contributed by atoms with Crippen LogP contribution in [0.5, 0.6) is 11.5 Å². The molecule has 0 spiro atoms. The predicted molar refractivity (Wildman–Crippen MR) is 91.7 cm³/mol. The van der Waals surface area contributed by atoms with Gasteiger partial charge in [-0.15, -0.1) is 0 Å².